The molecule has 0 radical (unpaired) electrons. The van der Waals surface area contributed by atoms with Gasteiger partial charge in [-0.1, -0.05) is 6.42 Å². The van der Waals surface area contributed by atoms with E-state index in [2.05, 4.69) is 4.98 Å². The first-order chi connectivity index (χ1) is 8.81. The summed E-state index contributed by atoms with van der Waals surface area (Å²) in [6.45, 7) is 2.22. The van der Waals surface area contributed by atoms with Crippen LogP contribution in [-0.4, -0.2) is 22.0 Å². The molecule has 0 aliphatic heterocycles. The lowest BCUT2D eigenvalue weighted by atomic mass is 10.2. The monoisotopic (exact) mass is 264 g/mol. The zero-order valence-corrected chi connectivity index (χ0v) is 11.3. The van der Waals surface area contributed by atoms with Crippen LogP contribution in [0.15, 0.2) is 6.20 Å². The van der Waals surface area contributed by atoms with E-state index in [1.807, 2.05) is 11.3 Å². The van der Waals surface area contributed by atoms with Crippen molar-refractivity contribution in [1.82, 2.24) is 9.38 Å². The molecule has 2 heterocycles. The molecule has 0 fully saturated rings. The van der Waals surface area contributed by atoms with E-state index >= 15 is 0 Å². The first-order valence-electron chi connectivity index (χ1n) is 6.46. The number of carbonyl (C=O) groups excluding carboxylic acids is 1. The van der Waals surface area contributed by atoms with E-state index in [9.17, 15) is 4.79 Å². The molecule has 1 aliphatic rings. The number of rotatable bonds is 2. The number of carbonyl (C=O) groups is 1. The highest BCUT2D eigenvalue weighted by atomic mass is 32.1. The quantitative estimate of drug-likeness (QED) is 0.619. The Hall–Kier alpha value is -1.36. The van der Waals surface area contributed by atoms with Crippen molar-refractivity contribution in [3.8, 4) is 0 Å². The minimum atomic E-state index is -0.269. The van der Waals surface area contributed by atoms with Crippen molar-refractivity contribution in [3.63, 3.8) is 0 Å². The molecule has 0 N–H and O–H groups in total. The lowest BCUT2D eigenvalue weighted by Gasteiger charge is -2.03. The van der Waals surface area contributed by atoms with E-state index in [0.29, 0.717) is 12.3 Å². The van der Waals surface area contributed by atoms with Gasteiger partial charge in [-0.25, -0.2) is 9.78 Å². The molecule has 0 atom stereocenters. The predicted molar refractivity (Wildman–Crippen MR) is 70.3 cm³/mol. The number of hydrogen-bond donors (Lipinski definition) is 0. The minimum Gasteiger partial charge on any atom is -0.461 e. The molecule has 5 heteroatoms. The molecule has 3 rings (SSSR count). The van der Waals surface area contributed by atoms with Gasteiger partial charge in [0.1, 0.15) is 0 Å². The Morgan fingerprint density at radius 3 is 3.11 bits per heavy atom. The number of aromatic nitrogens is 2. The molecule has 4 nitrogen and oxygen atoms in total. The molecule has 0 amide bonds. The number of aryl methyl sites for hydroxylation is 2. The molecule has 0 unspecified atom stereocenters. The summed E-state index contributed by atoms with van der Waals surface area (Å²) in [6, 6.07) is 0. The van der Waals surface area contributed by atoms with Gasteiger partial charge < -0.3 is 4.74 Å². The van der Waals surface area contributed by atoms with Crippen molar-refractivity contribution in [2.75, 3.05) is 6.61 Å². The molecular formula is C13H16N2O2S. The van der Waals surface area contributed by atoms with Crippen LogP contribution in [0.25, 0.3) is 4.96 Å². The molecule has 0 saturated carbocycles. The Balaban J connectivity index is 2.11. The molecule has 96 valence electrons. The molecule has 0 aromatic carbocycles. The maximum Gasteiger partial charge on any atom is 0.357 e. The topological polar surface area (TPSA) is 43.6 Å². The van der Waals surface area contributed by atoms with Crippen LogP contribution in [0.1, 0.15) is 47.2 Å². The third kappa shape index (κ3) is 1.82. The summed E-state index contributed by atoms with van der Waals surface area (Å²) in [7, 11) is 0. The van der Waals surface area contributed by atoms with Crippen LogP contribution >= 0.6 is 11.3 Å². The molecule has 2 aromatic heterocycles. The van der Waals surface area contributed by atoms with E-state index in [1.54, 1.807) is 17.5 Å². The molecule has 18 heavy (non-hydrogen) atoms. The van der Waals surface area contributed by atoms with Gasteiger partial charge in [0.25, 0.3) is 0 Å². The molecule has 0 saturated heterocycles. The van der Waals surface area contributed by atoms with Crippen molar-refractivity contribution < 1.29 is 9.53 Å². The SMILES string of the molecule is CCOC(=O)c1cnc2sc3c(n12)CCCCC3. The summed E-state index contributed by atoms with van der Waals surface area (Å²) >= 11 is 1.71. The fourth-order valence-electron chi connectivity index (χ4n) is 2.51. The highest BCUT2D eigenvalue weighted by Gasteiger charge is 2.21. The smallest absolute Gasteiger partial charge is 0.357 e. The third-order valence-corrected chi connectivity index (χ3v) is 4.49. The van der Waals surface area contributed by atoms with Crippen LogP contribution in [0.5, 0.6) is 0 Å². The minimum absolute atomic E-state index is 0.269. The summed E-state index contributed by atoms with van der Waals surface area (Å²) < 4.78 is 7.09. The largest absolute Gasteiger partial charge is 0.461 e. The molecule has 0 bridgehead atoms. The van der Waals surface area contributed by atoms with Crippen LogP contribution in [-0.2, 0) is 17.6 Å². The van der Waals surface area contributed by atoms with Crippen molar-refractivity contribution in [3.05, 3.63) is 22.5 Å². The predicted octanol–water partition coefficient (Wildman–Crippen LogP) is 2.84. The number of ether oxygens (including phenoxy) is 1. The van der Waals surface area contributed by atoms with Crippen LogP contribution in [0.4, 0.5) is 0 Å². The molecule has 2 aromatic rings. The summed E-state index contributed by atoms with van der Waals surface area (Å²) in [5.74, 6) is -0.269. The molecule has 1 aliphatic carbocycles. The fourth-order valence-corrected chi connectivity index (χ4v) is 3.70. The summed E-state index contributed by atoms with van der Waals surface area (Å²) in [4.78, 5) is 18.6. The Kier molecular flexibility index (Phi) is 3.07. The zero-order valence-electron chi connectivity index (χ0n) is 10.4. The number of thiazole rings is 1. The van der Waals surface area contributed by atoms with Gasteiger partial charge in [-0.05, 0) is 32.6 Å². The normalized spacial score (nSPS) is 15.4. The van der Waals surface area contributed by atoms with Crippen molar-refractivity contribution in [1.29, 1.82) is 0 Å². The van der Waals surface area contributed by atoms with Crippen molar-refractivity contribution in [2.45, 2.75) is 39.0 Å². The number of hydrogen-bond acceptors (Lipinski definition) is 4. The molecular weight excluding hydrogens is 248 g/mol. The summed E-state index contributed by atoms with van der Waals surface area (Å²) in [6.07, 6.45) is 7.50. The Bertz CT molecular complexity index is 585. The molecule has 0 spiro atoms. The van der Waals surface area contributed by atoms with Gasteiger partial charge in [-0.2, -0.15) is 0 Å². The Labute approximate surface area is 110 Å². The second-order valence-corrected chi connectivity index (χ2v) is 5.58. The number of imidazole rings is 1. The first-order valence-corrected chi connectivity index (χ1v) is 7.28. The average Bonchev–Trinajstić information content (AvgIpc) is 2.82. The van der Waals surface area contributed by atoms with Crippen molar-refractivity contribution in [2.24, 2.45) is 0 Å². The van der Waals surface area contributed by atoms with E-state index < -0.39 is 0 Å². The fraction of sp³-hybridized carbons (Fsp3) is 0.538. The number of fused-ring (bicyclic) bond motifs is 3. The zero-order chi connectivity index (χ0) is 12.5. The first kappa shape index (κ1) is 11.7. The van der Waals surface area contributed by atoms with E-state index in [-0.39, 0.29) is 5.97 Å². The van der Waals surface area contributed by atoms with Crippen LogP contribution < -0.4 is 0 Å². The highest BCUT2D eigenvalue weighted by Crippen LogP contribution is 2.30. The van der Waals surface area contributed by atoms with Gasteiger partial charge in [0.2, 0.25) is 0 Å². The van der Waals surface area contributed by atoms with Gasteiger partial charge in [-0.15, -0.1) is 11.3 Å². The maximum atomic E-state index is 11.9. The lowest BCUT2D eigenvalue weighted by molar-refractivity contribution is 0.0518. The van der Waals surface area contributed by atoms with Crippen LogP contribution in [0.2, 0.25) is 0 Å². The van der Waals surface area contributed by atoms with Gasteiger partial charge >= 0.3 is 5.97 Å². The van der Waals surface area contributed by atoms with Gasteiger partial charge in [0, 0.05) is 10.6 Å². The highest BCUT2D eigenvalue weighted by molar-refractivity contribution is 7.17. The lowest BCUT2D eigenvalue weighted by Crippen LogP contribution is -2.09. The standard InChI is InChI=1S/C13H16N2O2S/c1-2-17-12(16)10-8-14-13-15(10)9-6-4-3-5-7-11(9)18-13/h8H,2-7H2,1H3. The third-order valence-electron chi connectivity index (χ3n) is 3.34. The van der Waals surface area contributed by atoms with Gasteiger partial charge in [-0.3, -0.25) is 4.40 Å². The van der Waals surface area contributed by atoms with E-state index in [1.165, 1.54) is 29.8 Å². The van der Waals surface area contributed by atoms with Crippen molar-refractivity contribution >= 4 is 22.3 Å². The maximum absolute atomic E-state index is 11.9. The van der Waals surface area contributed by atoms with Gasteiger partial charge in [0.05, 0.1) is 12.8 Å². The number of esters is 1. The van der Waals surface area contributed by atoms with E-state index in [4.69, 9.17) is 4.74 Å². The average molecular weight is 264 g/mol. The second-order valence-electron chi connectivity index (χ2n) is 4.51. The summed E-state index contributed by atoms with van der Waals surface area (Å²) in [5, 5.41) is 0. The van der Waals surface area contributed by atoms with Crippen LogP contribution in [0, 0.1) is 0 Å². The van der Waals surface area contributed by atoms with E-state index in [0.717, 1.165) is 17.8 Å². The summed E-state index contributed by atoms with van der Waals surface area (Å²) in [5.41, 5.74) is 1.85. The van der Waals surface area contributed by atoms with Gasteiger partial charge in [0.15, 0.2) is 10.7 Å². The second kappa shape index (κ2) is 4.72. The Morgan fingerprint density at radius 1 is 1.44 bits per heavy atom. The number of nitrogens with zero attached hydrogens (tertiary/aromatic N) is 2. The van der Waals surface area contributed by atoms with Crippen LogP contribution in [0.3, 0.4) is 0 Å². The Morgan fingerprint density at radius 2 is 2.28 bits per heavy atom.